The van der Waals surface area contributed by atoms with Crippen LogP contribution in [0.5, 0.6) is 0 Å². The number of quaternary nitrogens is 1. The molecule has 0 aromatic rings. The maximum absolute atomic E-state index is 13.0. The van der Waals surface area contributed by atoms with Gasteiger partial charge in [0.05, 0.1) is 39.9 Å². The van der Waals surface area contributed by atoms with Crippen LogP contribution in [0.1, 0.15) is 290 Å². The third-order valence-electron chi connectivity index (χ3n) is 15.3. The van der Waals surface area contributed by atoms with Gasteiger partial charge in [-0.05, 0) is 103 Å². The number of nitrogens with zero attached hydrogens (tertiary/aromatic N) is 1. The summed E-state index contributed by atoms with van der Waals surface area (Å²) in [6, 6.07) is -0.837. The molecule has 8 nitrogen and oxygen atoms in total. The number of amides is 1. The normalized spacial score (nSPS) is 14.5. The van der Waals surface area contributed by atoms with Gasteiger partial charge in [-0.15, -0.1) is 0 Å². The number of aliphatic hydroxyl groups excluding tert-OH is 1. The van der Waals surface area contributed by atoms with Gasteiger partial charge in [-0.1, -0.05) is 327 Å². The third-order valence-corrected chi connectivity index (χ3v) is 16.3. The molecule has 0 fully saturated rings. The van der Waals surface area contributed by atoms with Gasteiger partial charge in [-0.2, -0.15) is 0 Å². The third kappa shape index (κ3) is 69.7. The number of phosphoric acid groups is 1. The molecule has 0 aliphatic carbocycles. The molecule has 0 aromatic heterocycles. The van der Waals surface area contributed by atoms with Crippen molar-refractivity contribution < 1.29 is 32.9 Å². The second-order valence-electron chi connectivity index (χ2n) is 24.9. The highest BCUT2D eigenvalue weighted by molar-refractivity contribution is 7.45. The lowest BCUT2D eigenvalue weighted by Crippen LogP contribution is -2.46. The lowest BCUT2D eigenvalue weighted by Gasteiger charge is -2.30. The quantitative estimate of drug-likeness (QED) is 0.0272. The number of allylic oxidation sites excluding steroid dienone is 24. The minimum Gasteiger partial charge on any atom is -0.756 e. The maximum Gasteiger partial charge on any atom is 0.268 e. The van der Waals surface area contributed by atoms with Crippen LogP contribution in [0.15, 0.2) is 146 Å². The Labute approximate surface area is 538 Å². The van der Waals surface area contributed by atoms with Crippen molar-refractivity contribution >= 4 is 13.7 Å². The summed E-state index contributed by atoms with van der Waals surface area (Å²) in [5.41, 5.74) is 0. The Hall–Kier alpha value is -3.62. The summed E-state index contributed by atoms with van der Waals surface area (Å²) >= 11 is 0. The fourth-order valence-electron chi connectivity index (χ4n) is 9.85. The first-order valence-electron chi connectivity index (χ1n) is 35.7. The van der Waals surface area contributed by atoms with Crippen LogP contribution in [-0.2, 0) is 18.4 Å². The zero-order valence-corrected chi connectivity index (χ0v) is 57.8. The molecule has 87 heavy (non-hydrogen) atoms. The molecule has 0 saturated heterocycles. The molecule has 3 unspecified atom stereocenters. The van der Waals surface area contributed by atoms with E-state index < -0.39 is 20.0 Å². The number of phosphoric ester groups is 1. The molecule has 0 aliphatic heterocycles. The van der Waals surface area contributed by atoms with Gasteiger partial charge in [-0.25, -0.2) is 0 Å². The van der Waals surface area contributed by atoms with Gasteiger partial charge in [0.2, 0.25) is 5.91 Å². The number of nitrogens with one attached hydrogen (secondary N) is 1. The minimum atomic E-state index is -4.60. The number of likely N-dealkylation sites (N-methyl/N-ethyl adjacent to an activating group) is 1. The highest BCUT2D eigenvalue weighted by atomic mass is 31.2. The summed E-state index contributed by atoms with van der Waals surface area (Å²) in [5, 5.41) is 14.1. The van der Waals surface area contributed by atoms with Gasteiger partial charge in [0, 0.05) is 6.42 Å². The van der Waals surface area contributed by atoms with E-state index in [-0.39, 0.29) is 19.1 Å². The molecule has 0 spiro atoms. The number of carbonyl (C=O) groups excluding carboxylic acids is 1. The molecule has 9 heteroatoms. The van der Waals surface area contributed by atoms with Crippen LogP contribution >= 0.6 is 7.82 Å². The first-order valence-corrected chi connectivity index (χ1v) is 37.1. The van der Waals surface area contributed by atoms with Crippen LogP contribution in [0, 0.1) is 0 Å². The van der Waals surface area contributed by atoms with Crippen LogP contribution in [0.2, 0.25) is 0 Å². The predicted molar refractivity (Wildman–Crippen MR) is 380 cm³/mol. The second-order valence-corrected chi connectivity index (χ2v) is 26.3. The number of hydrogen-bond donors (Lipinski definition) is 2. The van der Waals surface area contributed by atoms with E-state index in [0.717, 1.165) is 109 Å². The van der Waals surface area contributed by atoms with Gasteiger partial charge >= 0.3 is 0 Å². The first kappa shape index (κ1) is 83.4. The molecule has 0 saturated carbocycles. The van der Waals surface area contributed by atoms with Gasteiger partial charge in [-0.3, -0.25) is 9.36 Å². The molecule has 2 N–H and O–H groups in total. The van der Waals surface area contributed by atoms with Crippen molar-refractivity contribution in [3.8, 4) is 0 Å². The lowest BCUT2D eigenvalue weighted by atomic mass is 10.0. The van der Waals surface area contributed by atoms with Crippen LogP contribution < -0.4 is 10.2 Å². The average molecular weight is 1230 g/mol. The summed E-state index contributed by atoms with van der Waals surface area (Å²) in [4.78, 5) is 25.7. The summed E-state index contributed by atoms with van der Waals surface area (Å²) in [6.45, 7) is 4.59. The van der Waals surface area contributed by atoms with Crippen molar-refractivity contribution in [3.63, 3.8) is 0 Å². The monoisotopic (exact) mass is 1230 g/mol. The van der Waals surface area contributed by atoms with Crippen molar-refractivity contribution in [2.24, 2.45) is 0 Å². The number of rotatable bonds is 64. The van der Waals surface area contributed by atoms with Gasteiger partial charge in [0.25, 0.3) is 7.82 Å². The van der Waals surface area contributed by atoms with Crippen LogP contribution in [0.4, 0.5) is 0 Å². The molecule has 0 heterocycles. The fourth-order valence-corrected chi connectivity index (χ4v) is 10.6. The smallest absolute Gasteiger partial charge is 0.268 e. The van der Waals surface area contributed by atoms with Crippen molar-refractivity contribution in [1.29, 1.82) is 0 Å². The minimum absolute atomic E-state index is 0.00364. The summed E-state index contributed by atoms with van der Waals surface area (Å²) in [7, 11) is 1.26. The molecule has 0 aromatic carbocycles. The average Bonchev–Trinajstić information content (AvgIpc) is 3.69. The molecule has 0 bridgehead atoms. The predicted octanol–water partition coefficient (Wildman–Crippen LogP) is 22.5. The highest BCUT2D eigenvalue weighted by Crippen LogP contribution is 2.38. The largest absolute Gasteiger partial charge is 0.756 e. The van der Waals surface area contributed by atoms with Crippen LogP contribution in [0.25, 0.3) is 0 Å². The molecule has 498 valence electrons. The zero-order valence-electron chi connectivity index (χ0n) is 56.9. The summed E-state index contributed by atoms with van der Waals surface area (Å²) in [5.74, 6) is -0.209. The summed E-state index contributed by atoms with van der Waals surface area (Å²) < 4.78 is 23.5. The van der Waals surface area contributed by atoms with Gasteiger partial charge in [0.1, 0.15) is 13.2 Å². The van der Waals surface area contributed by atoms with Crippen molar-refractivity contribution in [2.45, 2.75) is 302 Å². The molecular weight excluding hydrogens is 1090 g/mol. The Kier molecular flexibility index (Phi) is 64.0. The van der Waals surface area contributed by atoms with Crippen molar-refractivity contribution in [3.05, 3.63) is 146 Å². The first-order chi connectivity index (χ1) is 42.5. The maximum atomic E-state index is 13.0. The van der Waals surface area contributed by atoms with E-state index >= 15 is 0 Å². The Morgan fingerprint density at radius 3 is 1.00 bits per heavy atom. The number of carbonyl (C=O) groups is 1. The molecular formula is C78H135N2O6P. The van der Waals surface area contributed by atoms with E-state index in [4.69, 9.17) is 9.05 Å². The van der Waals surface area contributed by atoms with Gasteiger partial charge < -0.3 is 28.8 Å². The molecule has 0 aliphatic rings. The van der Waals surface area contributed by atoms with E-state index in [9.17, 15) is 19.4 Å². The number of hydrogen-bond acceptors (Lipinski definition) is 6. The van der Waals surface area contributed by atoms with Crippen molar-refractivity contribution in [1.82, 2.24) is 5.32 Å². The van der Waals surface area contributed by atoms with Gasteiger partial charge in [0.15, 0.2) is 0 Å². The Bertz CT molecular complexity index is 1930. The highest BCUT2D eigenvalue weighted by Gasteiger charge is 2.24. The molecule has 0 radical (unpaired) electrons. The van der Waals surface area contributed by atoms with Crippen LogP contribution in [0.3, 0.4) is 0 Å². The summed E-state index contributed by atoms with van der Waals surface area (Å²) in [6.07, 6.45) is 102. The standard InChI is InChI=1S/C78H135N2O6P/c1-6-8-10-12-14-16-18-20-22-24-26-28-30-32-34-35-36-37-38-39-40-41-42-43-44-45-46-48-50-52-54-56-58-60-62-64-66-68-70-72-78(82)79-76(75-86-87(83,84)85-74-73-80(3,4)5)77(81)71-69-67-65-63-61-59-57-55-53-51-49-47-33-31-29-27-25-23-21-19-17-15-13-11-9-7-2/h8,10,14,16,20,22,26,28,32,34,36-37,39-40,42-43,45-46,50,52,56,58,62,64,76-77,81H,6-7,9,11-13,15,17-19,21,23-25,27,29-31,33,35,38,41,44,47-49,51,53-55,57,59-61,63,65-75H2,1-5H3,(H-,79,82,83,84)/b10-8-,16-14-,22-20-,28-26-,34-32-,37-36-,40-39-,43-42-,46-45-,52-50-,58-56-,64-62-. The SMILES string of the molecule is CC/C=C\C/C=C\C/C=C\C/C=C\C/C=C\C/C=C\C/C=C\C/C=C\C/C=C\C/C=C\C/C=C\C/C=C\CCCCC(=O)NC(COP(=O)([O-])OCC[N+](C)(C)C)C(O)CCCCCCCCCCCCCCCCCCCCCCCCCCCC. The van der Waals surface area contributed by atoms with Crippen LogP contribution in [-0.4, -0.2) is 68.5 Å². The fraction of sp³-hybridized carbons (Fsp3) is 0.679. The van der Waals surface area contributed by atoms with E-state index in [1.807, 2.05) is 21.1 Å². The van der Waals surface area contributed by atoms with Crippen molar-refractivity contribution in [2.75, 3.05) is 40.9 Å². The molecule has 3 atom stereocenters. The zero-order chi connectivity index (χ0) is 63.4. The Morgan fingerprint density at radius 1 is 0.414 bits per heavy atom. The molecule has 1 amide bonds. The number of aliphatic hydroxyl groups is 1. The topological polar surface area (TPSA) is 108 Å². The number of unbranched alkanes of at least 4 members (excludes halogenated alkanes) is 27. The molecule has 0 rings (SSSR count). The lowest BCUT2D eigenvalue weighted by molar-refractivity contribution is -0.870. The van der Waals surface area contributed by atoms with E-state index in [2.05, 4.69) is 165 Å². The van der Waals surface area contributed by atoms with E-state index in [1.54, 1.807) is 0 Å². The van der Waals surface area contributed by atoms with E-state index in [1.165, 1.54) is 148 Å². The second kappa shape index (κ2) is 66.8. The van der Waals surface area contributed by atoms with E-state index in [0.29, 0.717) is 30.3 Å². The Balaban J connectivity index is 4.20. The Morgan fingerprint density at radius 2 is 0.701 bits per heavy atom.